The quantitative estimate of drug-likeness (QED) is 0.771. The summed E-state index contributed by atoms with van der Waals surface area (Å²) in [6, 6.07) is 1.74. The van der Waals surface area contributed by atoms with Gasteiger partial charge >= 0.3 is 5.97 Å². The zero-order chi connectivity index (χ0) is 18.0. The maximum Gasteiger partial charge on any atom is 0.336 e. The maximum absolute atomic E-state index is 12.7. The molecule has 1 amide bonds. The fourth-order valence-electron chi connectivity index (χ4n) is 2.88. The van der Waals surface area contributed by atoms with Gasteiger partial charge in [-0.05, 0) is 12.0 Å². The summed E-state index contributed by atoms with van der Waals surface area (Å²) >= 11 is 0. The van der Waals surface area contributed by atoms with Crippen LogP contribution in [-0.2, 0) is 20.8 Å². The number of rotatable bonds is 4. The number of ether oxygens (including phenoxy) is 2. The van der Waals surface area contributed by atoms with Crippen molar-refractivity contribution in [1.82, 2.24) is 19.4 Å². The summed E-state index contributed by atoms with van der Waals surface area (Å²) < 4.78 is 12.0. The van der Waals surface area contributed by atoms with E-state index in [4.69, 9.17) is 4.74 Å². The molecule has 2 aromatic rings. The zero-order valence-electron chi connectivity index (χ0n) is 14.6. The first kappa shape index (κ1) is 17.3. The third kappa shape index (κ3) is 3.63. The van der Waals surface area contributed by atoms with Crippen LogP contribution in [0.4, 0.5) is 0 Å². The summed E-state index contributed by atoms with van der Waals surface area (Å²) in [5.41, 5.74) is 1.90. The van der Waals surface area contributed by atoms with E-state index in [-0.39, 0.29) is 12.5 Å². The van der Waals surface area contributed by atoms with Crippen molar-refractivity contribution < 1.29 is 19.1 Å². The van der Waals surface area contributed by atoms with Gasteiger partial charge in [0.1, 0.15) is 5.52 Å². The van der Waals surface area contributed by atoms with Crippen molar-refractivity contribution in [2.75, 3.05) is 26.8 Å². The number of carbonyl (C=O) groups excluding carboxylic acids is 2. The van der Waals surface area contributed by atoms with Crippen LogP contribution in [0, 0.1) is 5.92 Å². The number of amides is 1. The van der Waals surface area contributed by atoms with Gasteiger partial charge in [0.25, 0.3) is 5.91 Å². The van der Waals surface area contributed by atoms with E-state index in [0.29, 0.717) is 30.1 Å². The minimum Gasteiger partial charge on any atom is -0.467 e. The first-order chi connectivity index (χ1) is 12.0. The molecule has 1 aliphatic rings. The minimum absolute atomic E-state index is 0.172. The van der Waals surface area contributed by atoms with Gasteiger partial charge in [-0.2, -0.15) is 0 Å². The van der Waals surface area contributed by atoms with E-state index < -0.39 is 12.1 Å². The van der Waals surface area contributed by atoms with Crippen LogP contribution < -0.4 is 0 Å². The lowest BCUT2D eigenvalue weighted by Gasteiger charge is -2.31. The average Bonchev–Trinajstić information content (AvgIpc) is 3.02. The molecule has 0 aromatic carbocycles. The predicted molar refractivity (Wildman–Crippen MR) is 90.0 cm³/mol. The van der Waals surface area contributed by atoms with Crippen molar-refractivity contribution in [2.45, 2.75) is 26.5 Å². The molecule has 1 unspecified atom stereocenters. The van der Waals surface area contributed by atoms with Crippen LogP contribution in [-0.4, -0.2) is 64.2 Å². The van der Waals surface area contributed by atoms with Gasteiger partial charge in [-0.1, -0.05) is 13.8 Å². The lowest BCUT2D eigenvalue weighted by molar-refractivity contribution is -0.158. The van der Waals surface area contributed by atoms with Crippen molar-refractivity contribution >= 4 is 23.0 Å². The number of imidazole rings is 1. The summed E-state index contributed by atoms with van der Waals surface area (Å²) in [5, 5.41) is 0. The van der Waals surface area contributed by atoms with Crippen LogP contribution in [0.15, 0.2) is 18.6 Å². The molecule has 0 N–H and O–H groups in total. The van der Waals surface area contributed by atoms with Crippen molar-refractivity contribution in [3.8, 4) is 0 Å². The number of carbonyl (C=O) groups is 2. The number of fused-ring (bicyclic) bond motifs is 1. The van der Waals surface area contributed by atoms with E-state index in [0.717, 1.165) is 12.2 Å². The molecule has 8 heteroatoms. The highest BCUT2D eigenvalue weighted by molar-refractivity contribution is 5.96. The van der Waals surface area contributed by atoms with E-state index in [9.17, 15) is 9.59 Å². The number of nitrogens with zero attached hydrogens (tertiary/aromatic N) is 4. The molecule has 0 radical (unpaired) electrons. The Bertz CT molecular complexity index is 786. The third-order valence-corrected chi connectivity index (χ3v) is 4.08. The monoisotopic (exact) mass is 346 g/mol. The summed E-state index contributed by atoms with van der Waals surface area (Å²) in [5.74, 6) is -0.187. The Morgan fingerprint density at radius 3 is 2.92 bits per heavy atom. The Labute approximate surface area is 145 Å². The van der Waals surface area contributed by atoms with Gasteiger partial charge in [0.05, 0.1) is 32.2 Å². The number of methoxy groups -OCH3 is 1. The molecule has 0 spiro atoms. The van der Waals surface area contributed by atoms with Crippen molar-refractivity contribution in [1.29, 1.82) is 0 Å². The highest BCUT2D eigenvalue weighted by Gasteiger charge is 2.30. The van der Waals surface area contributed by atoms with Crippen LogP contribution in [0.25, 0.3) is 11.2 Å². The predicted octanol–water partition coefficient (Wildman–Crippen LogP) is 1.10. The second kappa shape index (κ2) is 7.18. The van der Waals surface area contributed by atoms with E-state index in [2.05, 4.69) is 28.6 Å². The van der Waals surface area contributed by atoms with Crippen LogP contribution in [0.5, 0.6) is 0 Å². The maximum atomic E-state index is 12.7. The minimum atomic E-state index is -0.746. The molecular formula is C17H22N4O4. The average molecular weight is 346 g/mol. The van der Waals surface area contributed by atoms with E-state index in [1.54, 1.807) is 23.5 Å². The highest BCUT2D eigenvalue weighted by Crippen LogP contribution is 2.16. The molecule has 1 atom stereocenters. The molecule has 3 heterocycles. The van der Waals surface area contributed by atoms with Crippen molar-refractivity contribution in [2.24, 2.45) is 5.92 Å². The Morgan fingerprint density at radius 2 is 2.20 bits per heavy atom. The van der Waals surface area contributed by atoms with Gasteiger partial charge in [0, 0.05) is 19.3 Å². The normalized spacial score (nSPS) is 17.9. The van der Waals surface area contributed by atoms with Gasteiger partial charge in [0.15, 0.2) is 11.8 Å². The van der Waals surface area contributed by atoms with Crippen molar-refractivity contribution in [3.05, 3.63) is 24.2 Å². The Kier molecular flexibility index (Phi) is 4.98. The number of hydrogen-bond acceptors (Lipinski definition) is 6. The molecule has 134 valence electrons. The fourth-order valence-corrected chi connectivity index (χ4v) is 2.88. The summed E-state index contributed by atoms with van der Waals surface area (Å²) in [7, 11) is 1.30. The smallest absolute Gasteiger partial charge is 0.336 e. The second-order valence-electron chi connectivity index (χ2n) is 6.49. The molecule has 0 aliphatic carbocycles. The fraction of sp³-hybridized carbons (Fsp3) is 0.529. The second-order valence-corrected chi connectivity index (χ2v) is 6.49. The van der Waals surface area contributed by atoms with Gasteiger partial charge in [-0.25, -0.2) is 14.8 Å². The van der Waals surface area contributed by atoms with E-state index >= 15 is 0 Å². The standard InChI is InChI=1S/C17H22N4O4/c1-11(2)8-21-10-19-13-6-12(7-18-15(13)21)16(22)20-4-5-25-14(9-20)17(23)24-3/h6-7,10-11,14H,4-5,8-9H2,1-3H3. The molecule has 25 heavy (non-hydrogen) atoms. The number of morpholine rings is 1. The Balaban J connectivity index is 1.79. The Hall–Kier alpha value is -2.48. The molecule has 0 bridgehead atoms. The van der Waals surface area contributed by atoms with Crippen LogP contribution in [0.3, 0.4) is 0 Å². The van der Waals surface area contributed by atoms with Gasteiger partial charge in [-0.3, -0.25) is 4.79 Å². The summed E-state index contributed by atoms with van der Waals surface area (Å²) in [6.07, 6.45) is 2.56. The number of esters is 1. The van der Waals surface area contributed by atoms with Crippen LogP contribution >= 0.6 is 0 Å². The molecule has 1 saturated heterocycles. The summed E-state index contributed by atoms with van der Waals surface area (Å²) in [4.78, 5) is 34.7. The zero-order valence-corrected chi connectivity index (χ0v) is 14.6. The lowest BCUT2D eigenvalue weighted by Crippen LogP contribution is -2.48. The number of aromatic nitrogens is 3. The highest BCUT2D eigenvalue weighted by atomic mass is 16.6. The number of pyridine rings is 1. The van der Waals surface area contributed by atoms with Gasteiger partial charge in [0.2, 0.25) is 0 Å². The summed E-state index contributed by atoms with van der Waals surface area (Å²) in [6.45, 7) is 5.96. The first-order valence-corrected chi connectivity index (χ1v) is 8.29. The van der Waals surface area contributed by atoms with E-state index in [1.807, 2.05) is 4.57 Å². The number of hydrogen-bond donors (Lipinski definition) is 0. The lowest BCUT2D eigenvalue weighted by atomic mass is 10.2. The SMILES string of the molecule is COC(=O)C1CN(C(=O)c2cnc3c(c2)ncn3CC(C)C)CCO1. The van der Waals surface area contributed by atoms with Gasteiger partial charge in [-0.15, -0.1) is 0 Å². The third-order valence-electron chi connectivity index (χ3n) is 4.08. The molecule has 2 aromatic heterocycles. The first-order valence-electron chi connectivity index (χ1n) is 8.29. The molecule has 3 rings (SSSR count). The van der Waals surface area contributed by atoms with Crippen LogP contribution in [0.2, 0.25) is 0 Å². The largest absolute Gasteiger partial charge is 0.467 e. The van der Waals surface area contributed by atoms with E-state index in [1.165, 1.54) is 7.11 Å². The molecule has 1 fully saturated rings. The van der Waals surface area contributed by atoms with Crippen LogP contribution in [0.1, 0.15) is 24.2 Å². The molecular weight excluding hydrogens is 324 g/mol. The molecule has 8 nitrogen and oxygen atoms in total. The van der Waals surface area contributed by atoms with Gasteiger partial charge < -0.3 is 18.9 Å². The van der Waals surface area contributed by atoms with Crippen molar-refractivity contribution in [3.63, 3.8) is 0 Å². The Morgan fingerprint density at radius 1 is 1.40 bits per heavy atom. The topological polar surface area (TPSA) is 86.5 Å². The molecule has 0 saturated carbocycles. The molecule has 1 aliphatic heterocycles.